The summed E-state index contributed by atoms with van der Waals surface area (Å²) in [6.45, 7) is 0. The summed E-state index contributed by atoms with van der Waals surface area (Å²) in [6, 6.07) is 10.2. The molecule has 1 rings (SSSR count). The minimum Gasteiger partial charge on any atom is -0.369 e. The second-order valence-electron chi connectivity index (χ2n) is 2.89. The van der Waals surface area contributed by atoms with Crippen LogP contribution in [0, 0.1) is 0 Å². The summed E-state index contributed by atoms with van der Waals surface area (Å²) >= 11 is 1.59. The topological polar surface area (TPSA) is 27.7 Å². The van der Waals surface area contributed by atoms with Crippen LogP contribution < -0.4 is 0 Å². The molecular weight excluding hydrogens is 336 g/mol. The van der Waals surface area contributed by atoms with E-state index in [9.17, 15) is 0 Å². The summed E-state index contributed by atoms with van der Waals surface area (Å²) in [5.74, 6) is 0.836. The maximum Gasteiger partial charge on any atom is 0.572 e. The van der Waals surface area contributed by atoms with E-state index in [1.807, 2.05) is 18.2 Å². The van der Waals surface area contributed by atoms with Gasteiger partial charge in [0.25, 0.3) is 0 Å². The third-order valence-corrected chi connectivity index (χ3v) is 7.33. The Kier molecular flexibility index (Phi) is 8.71. The normalized spacial score (nSPS) is 10.9. The van der Waals surface area contributed by atoms with Gasteiger partial charge in [-0.25, -0.2) is 0 Å². The molecule has 0 saturated heterocycles. The summed E-state index contributed by atoms with van der Waals surface area (Å²) in [4.78, 5) is 0. The van der Waals surface area contributed by atoms with Crippen LogP contribution in [0.25, 0.3) is 0 Å². The van der Waals surface area contributed by atoms with E-state index in [1.165, 1.54) is 5.56 Å². The second-order valence-corrected chi connectivity index (χ2v) is 8.05. The molecule has 1 aromatic carbocycles. The molecular formula is C10H16AgO3SSi. The Morgan fingerprint density at radius 2 is 1.50 bits per heavy atom. The van der Waals surface area contributed by atoms with Crippen molar-refractivity contribution in [3.8, 4) is 0 Å². The Bertz CT molecular complexity index is 274. The quantitative estimate of drug-likeness (QED) is 0.735. The first-order valence-electron chi connectivity index (χ1n) is 4.59. The van der Waals surface area contributed by atoms with E-state index in [0.717, 1.165) is 5.75 Å². The summed E-state index contributed by atoms with van der Waals surface area (Å²) in [7, 11) is 2.38. The Morgan fingerprint density at radius 3 is 1.94 bits per heavy atom. The van der Waals surface area contributed by atoms with Crippen LogP contribution in [0.15, 0.2) is 30.3 Å². The molecule has 0 fully saturated rings. The van der Waals surface area contributed by atoms with Gasteiger partial charge >= 0.3 is 7.95 Å². The number of rotatable bonds is 6. The molecule has 0 amide bonds. The fourth-order valence-electron chi connectivity index (χ4n) is 1.17. The minimum atomic E-state index is -2.48. The molecule has 6 heteroatoms. The van der Waals surface area contributed by atoms with Crippen LogP contribution in [-0.4, -0.2) is 29.3 Å². The zero-order valence-corrected chi connectivity index (χ0v) is 12.8. The Hall–Kier alpha value is 0.407. The predicted molar refractivity (Wildman–Crippen MR) is 64.5 cm³/mol. The summed E-state index contributed by atoms with van der Waals surface area (Å²) in [5, 5.41) is 0. The Labute approximate surface area is 117 Å². The maximum absolute atomic E-state index is 5.32. The molecule has 1 radical (unpaired) electrons. The molecule has 0 N–H and O–H groups in total. The summed E-state index contributed by atoms with van der Waals surface area (Å²) < 4.78 is 15.9. The van der Waals surface area contributed by atoms with E-state index in [2.05, 4.69) is 12.1 Å². The van der Waals surface area contributed by atoms with Crippen LogP contribution in [0.2, 0.25) is 0 Å². The van der Waals surface area contributed by atoms with E-state index in [0.29, 0.717) is 0 Å². The van der Waals surface area contributed by atoms with Crippen molar-refractivity contribution < 1.29 is 35.7 Å². The maximum atomic E-state index is 5.32. The van der Waals surface area contributed by atoms with Crippen LogP contribution in [0.1, 0.15) is 5.56 Å². The van der Waals surface area contributed by atoms with Crippen molar-refractivity contribution in [3.63, 3.8) is 0 Å². The second kappa shape index (κ2) is 8.49. The monoisotopic (exact) mass is 351 g/mol. The predicted octanol–water partition coefficient (Wildman–Crippen LogP) is 2.29. The molecule has 95 valence electrons. The van der Waals surface area contributed by atoms with E-state index < -0.39 is 7.95 Å². The van der Waals surface area contributed by atoms with Gasteiger partial charge in [0.2, 0.25) is 0 Å². The molecule has 0 atom stereocenters. The van der Waals surface area contributed by atoms with Gasteiger partial charge < -0.3 is 13.3 Å². The zero-order chi connectivity index (χ0) is 11.1. The van der Waals surface area contributed by atoms with E-state index in [1.54, 1.807) is 32.5 Å². The molecule has 0 spiro atoms. The van der Waals surface area contributed by atoms with Crippen molar-refractivity contribution in [2.75, 3.05) is 21.3 Å². The van der Waals surface area contributed by atoms with Crippen molar-refractivity contribution in [1.29, 1.82) is 0 Å². The Balaban J connectivity index is 0.00000225. The minimum absolute atomic E-state index is 0. The van der Waals surface area contributed by atoms with Crippen LogP contribution in [-0.2, 0) is 41.4 Å². The molecule has 0 heterocycles. The van der Waals surface area contributed by atoms with Crippen molar-refractivity contribution in [3.05, 3.63) is 35.9 Å². The van der Waals surface area contributed by atoms with E-state index in [4.69, 9.17) is 13.3 Å². The van der Waals surface area contributed by atoms with E-state index >= 15 is 0 Å². The SMILES string of the molecule is CO[Si](OC)(OC)SCc1ccccc1.[Ag]. The van der Waals surface area contributed by atoms with Crippen molar-refractivity contribution in [2.24, 2.45) is 0 Å². The van der Waals surface area contributed by atoms with Crippen LogP contribution in [0.4, 0.5) is 0 Å². The van der Waals surface area contributed by atoms with Crippen molar-refractivity contribution >= 4 is 19.2 Å². The molecule has 16 heavy (non-hydrogen) atoms. The molecule has 0 aliphatic rings. The van der Waals surface area contributed by atoms with E-state index in [-0.39, 0.29) is 22.4 Å². The van der Waals surface area contributed by atoms with Gasteiger partial charge in [-0.05, 0) is 5.56 Å². The van der Waals surface area contributed by atoms with Gasteiger partial charge in [0, 0.05) is 49.5 Å². The fraction of sp³-hybridized carbons (Fsp3) is 0.400. The first-order chi connectivity index (χ1) is 7.26. The first-order valence-corrected chi connectivity index (χ1v) is 8.03. The van der Waals surface area contributed by atoms with Crippen LogP contribution in [0.5, 0.6) is 0 Å². The standard InChI is InChI=1S/C10H16O3SSi.Ag/c1-11-15(12-2,13-3)14-9-10-7-5-4-6-8-10;/h4-8H,9H2,1-3H3;. The van der Waals surface area contributed by atoms with Crippen LogP contribution in [0.3, 0.4) is 0 Å². The van der Waals surface area contributed by atoms with Gasteiger partial charge in [-0.3, -0.25) is 0 Å². The van der Waals surface area contributed by atoms with Crippen LogP contribution >= 0.6 is 11.2 Å². The zero-order valence-electron chi connectivity index (χ0n) is 9.53. The largest absolute Gasteiger partial charge is 0.572 e. The number of hydrogen-bond donors (Lipinski definition) is 0. The molecule has 0 unspecified atom stereocenters. The molecule has 0 aromatic heterocycles. The molecule has 3 nitrogen and oxygen atoms in total. The van der Waals surface area contributed by atoms with Crippen molar-refractivity contribution in [2.45, 2.75) is 5.75 Å². The van der Waals surface area contributed by atoms with Crippen molar-refractivity contribution in [1.82, 2.24) is 0 Å². The van der Waals surface area contributed by atoms with Gasteiger partial charge in [0.1, 0.15) is 0 Å². The average molecular weight is 352 g/mol. The van der Waals surface area contributed by atoms with Gasteiger partial charge in [-0.15, -0.1) is 0 Å². The summed E-state index contributed by atoms with van der Waals surface area (Å²) in [5.41, 5.74) is 1.24. The average Bonchev–Trinajstić information content (AvgIpc) is 2.33. The molecule has 0 aliphatic heterocycles. The molecule has 1 aromatic rings. The van der Waals surface area contributed by atoms with Gasteiger partial charge in [0.05, 0.1) is 0 Å². The number of benzene rings is 1. The third kappa shape index (κ3) is 4.73. The first kappa shape index (κ1) is 16.4. The Morgan fingerprint density at radius 1 is 1.00 bits per heavy atom. The fourth-order valence-corrected chi connectivity index (χ4v) is 4.65. The summed E-state index contributed by atoms with van der Waals surface area (Å²) in [6.07, 6.45) is 0. The molecule has 0 bridgehead atoms. The number of hydrogen-bond acceptors (Lipinski definition) is 4. The smallest absolute Gasteiger partial charge is 0.369 e. The molecule has 0 aliphatic carbocycles. The van der Waals surface area contributed by atoms with Gasteiger partial charge in [-0.1, -0.05) is 41.5 Å². The van der Waals surface area contributed by atoms with Gasteiger partial charge in [0.15, 0.2) is 0 Å². The third-order valence-electron chi connectivity index (χ3n) is 2.01. The van der Waals surface area contributed by atoms with Gasteiger partial charge in [-0.2, -0.15) is 0 Å². The molecule has 0 saturated carbocycles.